The van der Waals surface area contributed by atoms with E-state index >= 15 is 0 Å². The lowest BCUT2D eigenvalue weighted by Crippen LogP contribution is -2.23. The molecule has 0 fully saturated rings. The SMILES string of the molecule is CCNC(c1ccc(C(F)(F)F)cc1)c1ccc(F)cn1. The average Bonchev–Trinajstić information content (AvgIpc) is 2.45. The maximum Gasteiger partial charge on any atom is 0.416 e. The molecular formula is C15H14F4N2. The van der Waals surface area contributed by atoms with Crippen molar-refractivity contribution in [1.82, 2.24) is 10.3 Å². The highest BCUT2D eigenvalue weighted by Crippen LogP contribution is 2.30. The number of nitrogens with one attached hydrogen (secondary N) is 1. The van der Waals surface area contributed by atoms with E-state index in [9.17, 15) is 17.6 Å². The molecule has 2 nitrogen and oxygen atoms in total. The Hall–Kier alpha value is -1.95. The minimum atomic E-state index is -4.36. The topological polar surface area (TPSA) is 24.9 Å². The van der Waals surface area contributed by atoms with Gasteiger partial charge in [0.05, 0.1) is 23.5 Å². The number of halogens is 4. The van der Waals surface area contributed by atoms with Gasteiger partial charge in [-0.15, -0.1) is 0 Å². The molecule has 21 heavy (non-hydrogen) atoms. The molecule has 0 saturated heterocycles. The monoisotopic (exact) mass is 298 g/mol. The third-order valence-corrected chi connectivity index (χ3v) is 3.03. The second kappa shape index (κ2) is 6.22. The van der Waals surface area contributed by atoms with Crippen molar-refractivity contribution in [3.05, 3.63) is 65.2 Å². The van der Waals surface area contributed by atoms with Gasteiger partial charge in [0.15, 0.2) is 0 Å². The molecule has 0 spiro atoms. The van der Waals surface area contributed by atoms with E-state index in [0.717, 1.165) is 18.3 Å². The van der Waals surface area contributed by atoms with Crippen LogP contribution in [0.3, 0.4) is 0 Å². The summed E-state index contributed by atoms with van der Waals surface area (Å²) >= 11 is 0. The number of pyridine rings is 1. The summed E-state index contributed by atoms with van der Waals surface area (Å²) in [6, 6.07) is 7.28. The third kappa shape index (κ3) is 3.78. The van der Waals surface area contributed by atoms with E-state index < -0.39 is 17.6 Å². The number of hydrogen-bond donors (Lipinski definition) is 1. The zero-order valence-electron chi connectivity index (χ0n) is 11.3. The van der Waals surface area contributed by atoms with E-state index in [0.29, 0.717) is 17.8 Å². The molecule has 1 unspecified atom stereocenters. The van der Waals surface area contributed by atoms with E-state index in [1.165, 1.54) is 24.3 Å². The molecular weight excluding hydrogens is 284 g/mol. The van der Waals surface area contributed by atoms with Crippen LogP contribution in [0.5, 0.6) is 0 Å². The van der Waals surface area contributed by atoms with Crippen molar-refractivity contribution in [3.8, 4) is 0 Å². The number of rotatable bonds is 4. The predicted octanol–water partition coefficient (Wildman–Crippen LogP) is 3.94. The largest absolute Gasteiger partial charge is 0.416 e. The Kier molecular flexibility index (Phi) is 4.57. The molecule has 0 amide bonds. The van der Waals surface area contributed by atoms with Crippen LogP contribution >= 0.6 is 0 Å². The summed E-state index contributed by atoms with van der Waals surface area (Å²) in [4.78, 5) is 3.99. The summed E-state index contributed by atoms with van der Waals surface area (Å²) in [5, 5.41) is 3.13. The van der Waals surface area contributed by atoms with E-state index in [2.05, 4.69) is 10.3 Å². The molecule has 112 valence electrons. The minimum Gasteiger partial charge on any atom is -0.305 e. The molecule has 2 aromatic rings. The molecule has 1 N–H and O–H groups in total. The fourth-order valence-corrected chi connectivity index (χ4v) is 2.02. The number of alkyl halides is 3. The molecule has 0 bridgehead atoms. The maximum absolute atomic E-state index is 12.9. The van der Waals surface area contributed by atoms with Crippen molar-refractivity contribution in [2.45, 2.75) is 19.1 Å². The predicted molar refractivity (Wildman–Crippen MR) is 71.2 cm³/mol. The van der Waals surface area contributed by atoms with Gasteiger partial charge in [-0.25, -0.2) is 4.39 Å². The van der Waals surface area contributed by atoms with Gasteiger partial charge in [0, 0.05) is 0 Å². The van der Waals surface area contributed by atoms with Gasteiger partial charge in [-0.1, -0.05) is 19.1 Å². The highest BCUT2D eigenvalue weighted by Gasteiger charge is 2.30. The normalized spacial score (nSPS) is 13.2. The molecule has 1 heterocycles. The summed E-state index contributed by atoms with van der Waals surface area (Å²) in [6.45, 7) is 2.48. The first kappa shape index (κ1) is 15.4. The molecule has 1 aromatic heterocycles. The minimum absolute atomic E-state index is 0.377. The Bertz CT molecular complexity index is 576. The first-order valence-corrected chi connectivity index (χ1v) is 6.44. The number of benzene rings is 1. The van der Waals surface area contributed by atoms with Crippen LogP contribution in [-0.2, 0) is 6.18 Å². The van der Waals surface area contributed by atoms with Crippen LogP contribution in [0.15, 0.2) is 42.6 Å². The van der Waals surface area contributed by atoms with Crippen molar-refractivity contribution >= 4 is 0 Å². The molecule has 0 radical (unpaired) electrons. The maximum atomic E-state index is 12.9. The third-order valence-electron chi connectivity index (χ3n) is 3.03. The lowest BCUT2D eigenvalue weighted by Gasteiger charge is -2.18. The van der Waals surface area contributed by atoms with Crippen molar-refractivity contribution in [2.75, 3.05) is 6.54 Å². The van der Waals surface area contributed by atoms with Crippen LogP contribution in [0.4, 0.5) is 17.6 Å². The van der Waals surface area contributed by atoms with Crippen molar-refractivity contribution in [3.63, 3.8) is 0 Å². The van der Waals surface area contributed by atoms with Gasteiger partial charge in [0.1, 0.15) is 5.82 Å². The number of hydrogen-bond acceptors (Lipinski definition) is 2. The smallest absolute Gasteiger partial charge is 0.305 e. The number of nitrogens with zero attached hydrogens (tertiary/aromatic N) is 1. The van der Waals surface area contributed by atoms with Crippen LogP contribution < -0.4 is 5.32 Å². The van der Waals surface area contributed by atoms with E-state index in [4.69, 9.17) is 0 Å². The van der Waals surface area contributed by atoms with Crippen molar-refractivity contribution < 1.29 is 17.6 Å². The van der Waals surface area contributed by atoms with E-state index in [1.807, 2.05) is 6.92 Å². The first-order valence-electron chi connectivity index (χ1n) is 6.44. The zero-order chi connectivity index (χ0) is 15.5. The summed E-state index contributed by atoms with van der Waals surface area (Å²) in [5.41, 5.74) is 0.496. The molecule has 0 saturated carbocycles. The molecule has 0 aliphatic carbocycles. The van der Waals surface area contributed by atoms with Gasteiger partial charge in [-0.2, -0.15) is 13.2 Å². The second-order valence-electron chi connectivity index (χ2n) is 4.51. The van der Waals surface area contributed by atoms with Crippen LogP contribution in [0.25, 0.3) is 0 Å². The Morgan fingerprint density at radius 3 is 2.24 bits per heavy atom. The lowest BCUT2D eigenvalue weighted by atomic mass is 10.0. The van der Waals surface area contributed by atoms with Crippen molar-refractivity contribution in [1.29, 1.82) is 0 Å². The van der Waals surface area contributed by atoms with Gasteiger partial charge in [-0.3, -0.25) is 4.98 Å². The molecule has 1 atom stereocenters. The Morgan fingerprint density at radius 2 is 1.76 bits per heavy atom. The van der Waals surface area contributed by atoms with Crippen LogP contribution in [0.1, 0.15) is 29.8 Å². The Balaban J connectivity index is 2.32. The lowest BCUT2D eigenvalue weighted by molar-refractivity contribution is -0.137. The molecule has 6 heteroatoms. The zero-order valence-corrected chi connectivity index (χ0v) is 11.3. The summed E-state index contributed by atoms with van der Waals surface area (Å²) in [5.74, 6) is -0.457. The standard InChI is InChI=1S/C15H14F4N2/c1-2-20-14(13-8-7-12(16)9-21-13)10-3-5-11(6-4-10)15(17,18)19/h3-9,14,20H,2H2,1H3. The van der Waals surface area contributed by atoms with Gasteiger partial charge < -0.3 is 5.32 Å². The summed E-state index contributed by atoms with van der Waals surface area (Å²) in [6.07, 6.45) is -3.27. The van der Waals surface area contributed by atoms with Crippen LogP contribution in [0.2, 0.25) is 0 Å². The fourth-order valence-electron chi connectivity index (χ4n) is 2.02. The van der Waals surface area contributed by atoms with Gasteiger partial charge in [-0.05, 0) is 36.4 Å². The molecule has 1 aromatic carbocycles. The average molecular weight is 298 g/mol. The van der Waals surface area contributed by atoms with Crippen LogP contribution in [-0.4, -0.2) is 11.5 Å². The van der Waals surface area contributed by atoms with E-state index in [-0.39, 0.29) is 6.04 Å². The Labute approximate surface area is 119 Å². The summed E-state index contributed by atoms with van der Waals surface area (Å²) < 4.78 is 50.6. The molecule has 0 aliphatic rings. The van der Waals surface area contributed by atoms with Crippen LogP contribution in [0, 0.1) is 5.82 Å². The second-order valence-corrected chi connectivity index (χ2v) is 4.51. The van der Waals surface area contributed by atoms with Gasteiger partial charge >= 0.3 is 6.18 Å². The van der Waals surface area contributed by atoms with E-state index in [1.54, 1.807) is 0 Å². The highest BCUT2D eigenvalue weighted by molar-refractivity contribution is 5.31. The Morgan fingerprint density at radius 1 is 1.10 bits per heavy atom. The van der Waals surface area contributed by atoms with Gasteiger partial charge in [0.25, 0.3) is 0 Å². The molecule has 0 aliphatic heterocycles. The van der Waals surface area contributed by atoms with Crippen molar-refractivity contribution in [2.24, 2.45) is 0 Å². The highest BCUT2D eigenvalue weighted by atomic mass is 19.4. The first-order chi connectivity index (χ1) is 9.91. The van der Waals surface area contributed by atoms with Gasteiger partial charge in [0.2, 0.25) is 0 Å². The molecule has 2 rings (SSSR count). The number of aromatic nitrogens is 1. The quantitative estimate of drug-likeness (QED) is 0.865. The fraction of sp³-hybridized carbons (Fsp3) is 0.267. The summed E-state index contributed by atoms with van der Waals surface area (Å²) in [7, 11) is 0.